The van der Waals surface area contributed by atoms with Gasteiger partial charge in [0.15, 0.2) is 0 Å². The number of likely N-dealkylation sites (N-methyl/N-ethyl adjacent to an activating group) is 1. The first-order valence-electron chi connectivity index (χ1n) is 7.57. The van der Waals surface area contributed by atoms with Crippen LogP contribution in [0.15, 0.2) is 12.1 Å². The Bertz CT molecular complexity index is 528. The summed E-state index contributed by atoms with van der Waals surface area (Å²) < 4.78 is 5.72. The molecule has 1 aliphatic rings. The molecule has 2 heterocycles. The summed E-state index contributed by atoms with van der Waals surface area (Å²) in [6.45, 7) is 9.28. The summed E-state index contributed by atoms with van der Waals surface area (Å²) in [4.78, 5) is 19.3. The monoisotopic (exact) mass is 308 g/mol. The maximum Gasteiger partial charge on any atom is 0.311 e. The van der Waals surface area contributed by atoms with E-state index in [4.69, 9.17) is 4.74 Å². The van der Waals surface area contributed by atoms with Crippen LogP contribution in [-0.2, 0) is 4.74 Å². The van der Waals surface area contributed by atoms with Gasteiger partial charge in [-0.2, -0.15) is 0 Å². The molecule has 7 nitrogen and oxygen atoms in total. The minimum Gasteiger partial charge on any atom is -0.373 e. The number of hydrogen-bond acceptors (Lipinski definition) is 6. The topological polar surface area (TPSA) is 71.7 Å². The van der Waals surface area contributed by atoms with Crippen molar-refractivity contribution in [3.63, 3.8) is 0 Å². The van der Waals surface area contributed by atoms with E-state index in [9.17, 15) is 10.1 Å². The number of nitro groups is 1. The third-order valence-electron chi connectivity index (χ3n) is 3.80. The maximum atomic E-state index is 11.1. The third kappa shape index (κ3) is 4.14. The number of aryl methyl sites for hydroxylation is 1. The number of hydrogen-bond donors (Lipinski definition) is 0. The van der Waals surface area contributed by atoms with E-state index in [1.165, 1.54) is 6.07 Å². The van der Waals surface area contributed by atoms with Crippen molar-refractivity contribution in [2.45, 2.75) is 33.0 Å². The quantitative estimate of drug-likeness (QED) is 0.610. The van der Waals surface area contributed by atoms with Gasteiger partial charge < -0.3 is 9.64 Å². The summed E-state index contributed by atoms with van der Waals surface area (Å²) in [6.07, 6.45) is 0.445. The number of pyridine rings is 1. The molecule has 2 rings (SSSR count). The minimum atomic E-state index is -0.378. The number of rotatable bonds is 5. The van der Waals surface area contributed by atoms with Crippen molar-refractivity contribution in [2.24, 2.45) is 0 Å². The number of ether oxygens (including phenoxy) is 1. The first kappa shape index (κ1) is 16.6. The Morgan fingerprint density at radius 3 is 2.64 bits per heavy atom. The molecule has 0 aromatic carbocycles. The molecule has 1 aromatic heterocycles. The van der Waals surface area contributed by atoms with E-state index in [1.54, 1.807) is 6.07 Å². The van der Waals surface area contributed by atoms with Crippen molar-refractivity contribution >= 4 is 11.5 Å². The van der Waals surface area contributed by atoms with Gasteiger partial charge in [-0.25, -0.2) is 4.98 Å². The molecule has 1 fully saturated rings. The van der Waals surface area contributed by atoms with Gasteiger partial charge in [0.05, 0.1) is 17.1 Å². The fourth-order valence-corrected chi connectivity index (χ4v) is 2.82. The number of aromatic nitrogens is 1. The molecule has 1 aromatic rings. The number of nitrogens with zero attached hydrogens (tertiary/aromatic N) is 4. The molecule has 0 radical (unpaired) electrons. The molecule has 0 N–H and O–H groups in total. The van der Waals surface area contributed by atoms with Gasteiger partial charge in [-0.3, -0.25) is 15.0 Å². The van der Waals surface area contributed by atoms with Crippen LogP contribution in [0, 0.1) is 17.0 Å². The Hall–Kier alpha value is -1.73. The second kappa shape index (κ2) is 7.02. The molecule has 122 valence electrons. The lowest BCUT2D eigenvalue weighted by atomic mass is 10.2. The van der Waals surface area contributed by atoms with Gasteiger partial charge in [0.25, 0.3) is 0 Å². The highest BCUT2D eigenvalue weighted by molar-refractivity contribution is 5.57. The Labute approximate surface area is 131 Å². The Morgan fingerprint density at radius 1 is 1.41 bits per heavy atom. The normalized spacial score (nSPS) is 22.5. The van der Waals surface area contributed by atoms with E-state index >= 15 is 0 Å². The van der Waals surface area contributed by atoms with Crippen LogP contribution in [0.5, 0.6) is 0 Å². The zero-order valence-electron chi connectivity index (χ0n) is 13.7. The molecule has 22 heavy (non-hydrogen) atoms. The van der Waals surface area contributed by atoms with Crippen LogP contribution in [0.25, 0.3) is 0 Å². The van der Waals surface area contributed by atoms with Gasteiger partial charge in [-0.15, -0.1) is 0 Å². The number of morpholine rings is 1. The van der Waals surface area contributed by atoms with Gasteiger partial charge in [0, 0.05) is 45.0 Å². The van der Waals surface area contributed by atoms with E-state index in [2.05, 4.69) is 23.7 Å². The Kier molecular flexibility index (Phi) is 5.31. The van der Waals surface area contributed by atoms with Crippen LogP contribution >= 0.6 is 0 Å². The van der Waals surface area contributed by atoms with Crippen molar-refractivity contribution in [1.29, 1.82) is 0 Å². The van der Waals surface area contributed by atoms with Crippen molar-refractivity contribution < 1.29 is 9.66 Å². The Balaban J connectivity index is 2.01. The molecule has 0 bridgehead atoms. The first-order chi connectivity index (χ1) is 10.4. The molecule has 2 atom stereocenters. The minimum absolute atomic E-state index is 0.0526. The van der Waals surface area contributed by atoms with Crippen LogP contribution in [0.4, 0.5) is 11.5 Å². The molecular weight excluding hydrogens is 284 g/mol. The summed E-state index contributed by atoms with van der Waals surface area (Å²) >= 11 is 0. The fraction of sp³-hybridized carbons (Fsp3) is 0.667. The molecule has 0 saturated carbocycles. The van der Waals surface area contributed by atoms with Gasteiger partial charge in [-0.05, 0) is 26.8 Å². The second-order valence-corrected chi connectivity index (χ2v) is 5.99. The van der Waals surface area contributed by atoms with Crippen molar-refractivity contribution in [3.05, 3.63) is 27.9 Å². The van der Waals surface area contributed by atoms with Gasteiger partial charge in [0.2, 0.25) is 5.82 Å². The van der Waals surface area contributed by atoms with E-state index < -0.39 is 0 Å². The molecule has 0 unspecified atom stereocenters. The van der Waals surface area contributed by atoms with E-state index in [0.717, 1.165) is 25.3 Å². The average molecular weight is 308 g/mol. The van der Waals surface area contributed by atoms with Gasteiger partial charge in [-0.1, -0.05) is 0 Å². The van der Waals surface area contributed by atoms with Crippen LogP contribution < -0.4 is 4.90 Å². The zero-order chi connectivity index (χ0) is 16.3. The van der Waals surface area contributed by atoms with Crippen molar-refractivity contribution in [1.82, 2.24) is 9.88 Å². The predicted molar refractivity (Wildman–Crippen MR) is 85.3 cm³/mol. The molecule has 0 spiro atoms. The van der Waals surface area contributed by atoms with Crippen LogP contribution in [-0.4, -0.2) is 60.2 Å². The predicted octanol–water partition coefficient (Wildman–Crippen LogP) is 1.84. The lowest BCUT2D eigenvalue weighted by Crippen LogP contribution is -2.47. The van der Waals surface area contributed by atoms with Crippen molar-refractivity contribution in [3.8, 4) is 0 Å². The smallest absolute Gasteiger partial charge is 0.311 e. The maximum absolute atomic E-state index is 11.1. The summed E-state index contributed by atoms with van der Waals surface area (Å²) in [5.41, 5.74) is 0.831. The van der Waals surface area contributed by atoms with Gasteiger partial charge in [0.1, 0.15) is 0 Å². The fourth-order valence-electron chi connectivity index (χ4n) is 2.82. The highest BCUT2D eigenvalue weighted by Gasteiger charge is 2.23. The third-order valence-corrected chi connectivity index (χ3v) is 3.80. The van der Waals surface area contributed by atoms with E-state index in [0.29, 0.717) is 12.4 Å². The summed E-state index contributed by atoms with van der Waals surface area (Å²) in [7, 11) is 1.85. The molecular formula is C15H24N4O3. The van der Waals surface area contributed by atoms with Crippen LogP contribution in [0.2, 0.25) is 0 Å². The Morgan fingerprint density at radius 2 is 2.05 bits per heavy atom. The van der Waals surface area contributed by atoms with E-state index in [1.807, 2.05) is 18.9 Å². The molecule has 0 aliphatic carbocycles. The summed E-state index contributed by atoms with van der Waals surface area (Å²) in [5.74, 6) is 0.430. The standard InChI is InChI=1S/C15H24N4O3/c1-11-5-6-14(19(20)21)15(16-11)17(4)7-8-18-9-12(2)22-13(3)10-18/h5-6,12-13H,7-10H2,1-4H3/t12-,13+. The van der Waals surface area contributed by atoms with Crippen LogP contribution in [0.1, 0.15) is 19.5 Å². The highest BCUT2D eigenvalue weighted by Crippen LogP contribution is 2.25. The number of anilines is 1. The first-order valence-corrected chi connectivity index (χ1v) is 7.57. The SMILES string of the molecule is Cc1ccc([N+](=O)[O-])c(N(C)CCN2C[C@@H](C)O[C@@H](C)C2)n1. The largest absolute Gasteiger partial charge is 0.373 e. The molecule has 0 amide bonds. The van der Waals surface area contributed by atoms with Crippen LogP contribution in [0.3, 0.4) is 0 Å². The molecule has 1 aliphatic heterocycles. The lowest BCUT2D eigenvalue weighted by Gasteiger charge is -2.36. The summed E-state index contributed by atoms with van der Waals surface area (Å²) in [5, 5.41) is 11.1. The second-order valence-electron chi connectivity index (χ2n) is 5.99. The molecule has 7 heteroatoms. The van der Waals surface area contributed by atoms with Crippen molar-refractivity contribution in [2.75, 3.05) is 38.1 Å². The van der Waals surface area contributed by atoms with E-state index in [-0.39, 0.29) is 22.8 Å². The summed E-state index contributed by atoms with van der Waals surface area (Å²) in [6, 6.07) is 3.19. The average Bonchev–Trinajstić information content (AvgIpc) is 2.43. The lowest BCUT2D eigenvalue weighted by molar-refractivity contribution is -0.384. The van der Waals surface area contributed by atoms with Gasteiger partial charge >= 0.3 is 5.69 Å². The highest BCUT2D eigenvalue weighted by atomic mass is 16.6. The zero-order valence-corrected chi connectivity index (χ0v) is 13.7. The molecule has 1 saturated heterocycles.